The van der Waals surface area contributed by atoms with Crippen LogP contribution in [0.3, 0.4) is 0 Å². The Balaban J connectivity index is 1.86. The number of carboxylic acids is 1. The number of nitrogens with one attached hydrogen (secondary N) is 1. The third kappa shape index (κ3) is 3.48. The molecular formula is C12H15BrN2O3S. The minimum atomic E-state index is -0.829. The lowest BCUT2D eigenvalue weighted by atomic mass is 9.99. The Kier molecular flexibility index (Phi) is 4.46. The van der Waals surface area contributed by atoms with Crippen LogP contribution in [0, 0.1) is 11.8 Å². The Morgan fingerprint density at radius 3 is 2.84 bits per heavy atom. The number of hydrogen-bond acceptors (Lipinski definition) is 3. The predicted molar refractivity (Wildman–Crippen MR) is 76.1 cm³/mol. The second-order valence-electron chi connectivity index (χ2n) is 4.72. The second kappa shape index (κ2) is 5.92. The highest BCUT2D eigenvalue weighted by Gasteiger charge is 2.36. The van der Waals surface area contributed by atoms with Crippen LogP contribution in [-0.4, -0.2) is 35.1 Å². The van der Waals surface area contributed by atoms with E-state index in [0.29, 0.717) is 13.1 Å². The molecule has 0 saturated carbocycles. The maximum atomic E-state index is 12.0. The molecule has 0 bridgehead atoms. The van der Waals surface area contributed by atoms with Crippen LogP contribution in [0.1, 0.15) is 11.8 Å². The van der Waals surface area contributed by atoms with Crippen molar-refractivity contribution in [1.82, 2.24) is 10.2 Å². The standard InChI is InChI=1S/C12H15BrN2O3S/c1-7-4-15(5-10(7)11(16)17)12(18)14-3-9-2-8(13)6-19-9/h2,6-7,10H,3-5H2,1H3,(H,14,18)(H,16,17). The van der Waals surface area contributed by atoms with E-state index in [1.807, 2.05) is 18.4 Å². The van der Waals surface area contributed by atoms with Gasteiger partial charge in [0, 0.05) is 27.8 Å². The lowest BCUT2D eigenvalue weighted by Gasteiger charge is -2.16. The Bertz CT molecular complexity index is 491. The number of carbonyl (C=O) groups excluding carboxylic acids is 1. The molecule has 7 heteroatoms. The summed E-state index contributed by atoms with van der Waals surface area (Å²) >= 11 is 4.92. The lowest BCUT2D eigenvalue weighted by molar-refractivity contribution is -0.142. The number of likely N-dealkylation sites (tertiary alicyclic amines) is 1. The van der Waals surface area contributed by atoms with Crippen molar-refractivity contribution in [2.24, 2.45) is 11.8 Å². The molecule has 1 aliphatic heterocycles. The van der Waals surface area contributed by atoms with Gasteiger partial charge in [0.2, 0.25) is 0 Å². The predicted octanol–water partition coefficient (Wildman–Crippen LogP) is 2.37. The van der Waals surface area contributed by atoms with Gasteiger partial charge in [-0.05, 0) is 27.9 Å². The van der Waals surface area contributed by atoms with Crippen LogP contribution in [0.15, 0.2) is 15.9 Å². The number of rotatable bonds is 3. The van der Waals surface area contributed by atoms with E-state index >= 15 is 0 Å². The summed E-state index contributed by atoms with van der Waals surface area (Å²) in [6.45, 7) is 3.12. The van der Waals surface area contributed by atoms with Crippen LogP contribution < -0.4 is 5.32 Å². The van der Waals surface area contributed by atoms with Crippen molar-refractivity contribution in [2.75, 3.05) is 13.1 Å². The van der Waals surface area contributed by atoms with Crippen LogP contribution in [0.4, 0.5) is 4.79 Å². The topological polar surface area (TPSA) is 69.6 Å². The fraction of sp³-hybridized carbons (Fsp3) is 0.500. The molecule has 104 valence electrons. The number of carbonyl (C=O) groups is 2. The Hall–Kier alpha value is -1.08. The molecule has 1 aromatic rings. The monoisotopic (exact) mass is 346 g/mol. The average Bonchev–Trinajstić information content (AvgIpc) is 2.92. The van der Waals surface area contributed by atoms with Gasteiger partial charge in [0.1, 0.15) is 0 Å². The van der Waals surface area contributed by atoms with Crippen molar-refractivity contribution < 1.29 is 14.7 Å². The summed E-state index contributed by atoms with van der Waals surface area (Å²) in [6.07, 6.45) is 0. The number of halogens is 1. The van der Waals surface area contributed by atoms with Gasteiger partial charge in [-0.1, -0.05) is 6.92 Å². The number of carboxylic acid groups (broad SMARTS) is 1. The molecule has 2 N–H and O–H groups in total. The molecule has 2 amide bonds. The first-order chi connectivity index (χ1) is 8.97. The normalized spacial score (nSPS) is 22.5. The van der Waals surface area contributed by atoms with E-state index in [4.69, 9.17) is 5.11 Å². The molecule has 1 aromatic heterocycles. The van der Waals surface area contributed by atoms with Gasteiger partial charge >= 0.3 is 12.0 Å². The van der Waals surface area contributed by atoms with Crippen molar-refractivity contribution in [2.45, 2.75) is 13.5 Å². The maximum absolute atomic E-state index is 12.0. The molecule has 2 rings (SSSR count). The van der Waals surface area contributed by atoms with Crippen LogP contribution in [0.2, 0.25) is 0 Å². The molecule has 19 heavy (non-hydrogen) atoms. The van der Waals surface area contributed by atoms with Crippen molar-refractivity contribution in [1.29, 1.82) is 0 Å². The third-order valence-corrected chi connectivity index (χ3v) is 4.95. The van der Waals surface area contributed by atoms with Gasteiger partial charge < -0.3 is 15.3 Å². The molecule has 2 atom stereocenters. The quantitative estimate of drug-likeness (QED) is 0.882. The Morgan fingerprint density at radius 1 is 1.58 bits per heavy atom. The highest BCUT2D eigenvalue weighted by molar-refractivity contribution is 9.10. The zero-order valence-corrected chi connectivity index (χ0v) is 12.8. The van der Waals surface area contributed by atoms with E-state index in [9.17, 15) is 9.59 Å². The summed E-state index contributed by atoms with van der Waals surface area (Å²) in [5.74, 6) is -1.29. The van der Waals surface area contributed by atoms with E-state index in [2.05, 4.69) is 21.2 Å². The van der Waals surface area contributed by atoms with E-state index < -0.39 is 11.9 Å². The second-order valence-corrected chi connectivity index (χ2v) is 6.63. The molecule has 0 radical (unpaired) electrons. The SMILES string of the molecule is CC1CN(C(=O)NCc2cc(Br)cs2)CC1C(=O)O. The number of aliphatic carboxylic acids is 1. The molecule has 1 aliphatic rings. The Morgan fingerprint density at radius 2 is 2.32 bits per heavy atom. The number of amides is 2. The van der Waals surface area contributed by atoms with E-state index in [1.165, 1.54) is 0 Å². The first-order valence-corrected chi connectivity index (χ1v) is 7.63. The summed E-state index contributed by atoms with van der Waals surface area (Å²) in [4.78, 5) is 25.6. The number of nitrogens with zero attached hydrogens (tertiary/aromatic N) is 1. The third-order valence-electron chi connectivity index (χ3n) is 3.25. The highest BCUT2D eigenvalue weighted by atomic mass is 79.9. The summed E-state index contributed by atoms with van der Waals surface area (Å²) in [6, 6.07) is 1.76. The van der Waals surface area contributed by atoms with Crippen molar-refractivity contribution >= 4 is 39.3 Å². The van der Waals surface area contributed by atoms with Gasteiger partial charge in [-0.25, -0.2) is 4.79 Å². The van der Waals surface area contributed by atoms with E-state index in [1.54, 1.807) is 16.2 Å². The van der Waals surface area contributed by atoms with Crippen LogP contribution in [0.25, 0.3) is 0 Å². The lowest BCUT2D eigenvalue weighted by Crippen LogP contribution is -2.38. The van der Waals surface area contributed by atoms with Crippen LogP contribution in [0.5, 0.6) is 0 Å². The Labute approximate surface area is 123 Å². The molecule has 1 saturated heterocycles. The average molecular weight is 347 g/mol. The van der Waals surface area contributed by atoms with Gasteiger partial charge in [-0.3, -0.25) is 4.79 Å². The molecule has 0 aromatic carbocycles. The van der Waals surface area contributed by atoms with Gasteiger partial charge in [-0.2, -0.15) is 0 Å². The van der Waals surface area contributed by atoms with Gasteiger partial charge in [0.25, 0.3) is 0 Å². The van der Waals surface area contributed by atoms with Crippen LogP contribution >= 0.6 is 27.3 Å². The smallest absolute Gasteiger partial charge is 0.317 e. The minimum absolute atomic E-state index is 0.000803. The molecule has 2 unspecified atom stereocenters. The maximum Gasteiger partial charge on any atom is 0.317 e. The zero-order valence-electron chi connectivity index (χ0n) is 10.4. The fourth-order valence-corrected chi connectivity index (χ4v) is 3.57. The van der Waals surface area contributed by atoms with Gasteiger partial charge in [0.05, 0.1) is 12.5 Å². The molecule has 5 nitrogen and oxygen atoms in total. The first-order valence-electron chi connectivity index (χ1n) is 5.96. The molecular weight excluding hydrogens is 332 g/mol. The van der Waals surface area contributed by atoms with Crippen molar-refractivity contribution in [3.8, 4) is 0 Å². The summed E-state index contributed by atoms with van der Waals surface area (Å²) in [5.41, 5.74) is 0. The summed E-state index contributed by atoms with van der Waals surface area (Å²) in [7, 11) is 0. The molecule has 2 heterocycles. The van der Waals surface area contributed by atoms with Gasteiger partial charge in [-0.15, -0.1) is 11.3 Å². The largest absolute Gasteiger partial charge is 0.481 e. The number of hydrogen-bond donors (Lipinski definition) is 2. The molecule has 0 aliphatic carbocycles. The minimum Gasteiger partial charge on any atom is -0.481 e. The number of urea groups is 1. The van der Waals surface area contributed by atoms with Crippen molar-refractivity contribution in [3.05, 3.63) is 20.8 Å². The first kappa shape index (κ1) is 14.3. The molecule has 0 spiro atoms. The highest BCUT2D eigenvalue weighted by Crippen LogP contribution is 2.23. The fourth-order valence-electron chi connectivity index (χ4n) is 2.18. The van der Waals surface area contributed by atoms with E-state index in [-0.39, 0.29) is 18.5 Å². The number of thiophene rings is 1. The molecule has 1 fully saturated rings. The van der Waals surface area contributed by atoms with Gasteiger partial charge in [0.15, 0.2) is 0 Å². The zero-order chi connectivity index (χ0) is 14.0. The van der Waals surface area contributed by atoms with Crippen LogP contribution in [-0.2, 0) is 11.3 Å². The van der Waals surface area contributed by atoms with Crippen molar-refractivity contribution in [3.63, 3.8) is 0 Å². The van der Waals surface area contributed by atoms with E-state index in [0.717, 1.165) is 9.35 Å². The summed E-state index contributed by atoms with van der Waals surface area (Å²) in [5, 5.41) is 13.8. The summed E-state index contributed by atoms with van der Waals surface area (Å²) < 4.78 is 1.00.